The molecule has 0 saturated carbocycles. The van der Waals surface area contributed by atoms with Crippen molar-refractivity contribution in [2.45, 2.75) is 13.3 Å². The van der Waals surface area contributed by atoms with Crippen LogP contribution in [-0.4, -0.2) is 5.91 Å². The zero-order valence-corrected chi connectivity index (χ0v) is 7.59. The Balaban J connectivity index is 3.39. The van der Waals surface area contributed by atoms with Crippen LogP contribution in [0, 0.1) is 22.7 Å². The smallest absolute Gasteiger partial charge is 0.229 e. The van der Waals surface area contributed by atoms with Gasteiger partial charge in [-0.05, 0) is 12.5 Å². The number of carbonyl (C=O) groups excluding carboxylic acids is 1. The van der Waals surface area contributed by atoms with Gasteiger partial charge in [0.2, 0.25) is 5.91 Å². The molecule has 1 rings (SSSR count). The summed E-state index contributed by atoms with van der Waals surface area (Å²) in [4.78, 5) is 11.1. The standard InChI is InChI=1S/C9H8N4O/c1-5-2-8(14)13-9(12)7(4-11)6(5)3-10/h2,12H2,1H3,(H,13,14). The summed E-state index contributed by atoms with van der Waals surface area (Å²) in [6.07, 6.45) is 0.0920. The van der Waals surface area contributed by atoms with E-state index < -0.39 is 0 Å². The molecule has 1 heterocycles. The first-order valence-corrected chi connectivity index (χ1v) is 3.90. The molecule has 3 N–H and O–H groups in total. The SMILES string of the molecule is CC1=C(C#N)C(C#N)=C(N)NC(=O)C1. The summed E-state index contributed by atoms with van der Waals surface area (Å²) in [6, 6.07) is 3.68. The van der Waals surface area contributed by atoms with Crippen LogP contribution in [0.3, 0.4) is 0 Å². The van der Waals surface area contributed by atoms with Crippen molar-refractivity contribution in [1.29, 1.82) is 10.5 Å². The second-order valence-corrected chi connectivity index (χ2v) is 2.89. The highest BCUT2D eigenvalue weighted by molar-refractivity contribution is 5.83. The van der Waals surface area contributed by atoms with Gasteiger partial charge < -0.3 is 11.1 Å². The highest BCUT2D eigenvalue weighted by Crippen LogP contribution is 2.19. The van der Waals surface area contributed by atoms with Crippen LogP contribution in [0.1, 0.15) is 13.3 Å². The Bertz CT molecular complexity index is 391. The molecule has 14 heavy (non-hydrogen) atoms. The number of allylic oxidation sites excluding steroid dienone is 2. The van der Waals surface area contributed by atoms with Crippen LogP contribution in [0.4, 0.5) is 0 Å². The maximum Gasteiger partial charge on any atom is 0.229 e. The highest BCUT2D eigenvalue weighted by atomic mass is 16.1. The fraction of sp³-hybridized carbons (Fsp3) is 0.222. The lowest BCUT2D eigenvalue weighted by Crippen LogP contribution is -2.27. The van der Waals surface area contributed by atoms with Gasteiger partial charge in [0, 0.05) is 6.42 Å². The normalized spacial score (nSPS) is 16.9. The van der Waals surface area contributed by atoms with E-state index in [-0.39, 0.29) is 29.3 Å². The monoisotopic (exact) mass is 188 g/mol. The van der Waals surface area contributed by atoms with Crippen LogP contribution in [0.15, 0.2) is 22.5 Å². The van der Waals surface area contributed by atoms with Gasteiger partial charge in [-0.1, -0.05) is 0 Å². The number of carbonyl (C=O) groups is 1. The van der Waals surface area contributed by atoms with Gasteiger partial charge >= 0.3 is 0 Å². The lowest BCUT2D eigenvalue weighted by atomic mass is 10.0. The van der Waals surface area contributed by atoms with E-state index in [1.165, 1.54) is 0 Å². The maximum atomic E-state index is 11.1. The van der Waals surface area contributed by atoms with Crippen LogP contribution in [-0.2, 0) is 4.79 Å². The summed E-state index contributed by atoms with van der Waals surface area (Å²) < 4.78 is 0. The fourth-order valence-electron chi connectivity index (χ4n) is 1.20. The van der Waals surface area contributed by atoms with Crippen molar-refractivity contribution in [2.24, 2.45) is 5.73 Å². The van der Waals surface area contributed by atoms with E-state index in [2.05, 4.69) is 5.32 Å². The van der Waals surface area contributed by atoms with Crippen molar-refractivity contribution < 1.29 is 4.79 Å². The zero-order chi connectivity index (χ0) is 10.7. The van der Waals surface area contributed by atoms with E-state index >= 15 is 0 Å². The van der Waals surface area contributed by atoms with E-state index in [1.54, 1.807) is 13.0 Å². The molecule has 0 aliphatic carbocycles. The first-order chi connectivity index (χ1) is 6.60. The molecule has 0 atom stereocenters. The van der Waals surface area contributed by atoms with Crippen molar-refractivity contribution in [3.63, 3.8) is 0 Å². The van der Waals surface area contributed by atoms with Gasteiger partial charge in [0.1, 0.15) is 23.5 Å². The second kappa shape index (κ2) is 3.63. The Kier molecular flexibility index (Phi) is 2.54. The molecule has 0 aromatic carbocycles. The zero-order valence-electron chi connectivity index (χ0n) is 7.59. The van der Waals surface area contributed by atoms with Gasteiger partial charge in [-0.3, -0.25) is 4.79 Å². The summed E-state index contributed by atoms with van der Waals surface area (Å²) in [5, 5.41) is 19.9. The summed E-state index contributed by atoms with van der Waals surface area (Å²) in [6.45, 7) is 1.63. The molecule has 1 aliphatic rings. The van der Waals surface area contributed by atoms with E-state index in [9.17, 15) is 4.79 Å². The van der Waals surface area contributed by atoms with Crippen molar-refractivity contribution >= 4 is 5.91 Å². The molecule has 0 bridgehead atoms. The minimum Gasteiger partial charge on any atom is -0.384 e. The van der Waals surface area contributed by atoms with Gasteiger partial charge in [0.05, 0.1) is 5.57 Å². The number of nitriles is 2. The molecule has 0 unspecified atom stereocenters. The molecule has 70 valence electrons. The van der Waals surface area contributed by atoms with Crippen LogP contribution in [0.25, 0.3) is 0 Å². The van der Waals surface area contributed by atoms with Crippen molar-refractivity contribution in [2.75, 3.05) is 0 Å². The molecule has 0 radical (unpaired) electrons. The van der Waals surface area contributed by atoms with Gasteiger partial charge in [-0.15, -0.1) is 0 Å². The van der Waals surface area contributed by atoms with Crippen LogP contribution in [0.2, 0.25) is 0 Å². The maximum absolute atomic E-state index is 11.1. The number of nitrogens with two attached hydrogens (primary N) is 1. The van der Waals surface area contributed by atoms with Crippen molar-refractivity contribution in [3.05, 3.63) is 22.5 Å². The minimum absolute atomic E-state index is 0.0378. The molecule has 0 spiro atoms. The highest BCUT2D eigenvalue weighted by Gasteiger charge is 2.19. The van der Waals surface area contributed by atoms with Crippen LogP contribution >= 0.6 is 0 Å². The van der Waals surface area contributed by atoms with Crippen LogP contribution in [0.5, 0.6) is 0 Å². The van der Waals surface area contributed by atoms with Crippen molar-refractivity contribution in [3.8, 4) is 12.1 Å². The van der Waals surface area contributed by atoms with Gasteiger partial charge in [0.15, 0.2) is 0 Å². The molecule has 5 nitrogen and oxygen atoms in total. The Hall–Kier alpha value is -2.27. The largest absolute Gasteiger partial charge is 0.384 e. The summed E-state index contributed by atoms with van der Waals surface area (Å²) >= 11 is 0. The first kappa shape index (κ1) is 9.82. The summed E-state index contributed by atoms with van der Waals surface area (Å²) in [5.74, 6) is -0.357. The lowest BCUT2D eigenvalue weighted by Gasteiger charge is -2.01. The fourth-order valence-corrected chi connectivity index (χ4v) is 1.20. The molecular weight excluding hydrogens is 180 g/mol. The number of hydrogen-bond acceptors (Lipinski definition) is 4. The average molecular weight is 188 g/mol. The van der Waals surface area contributed by atoms with E-state index in [1.807, 2.05) is 6.07 Å². The number of rotatable bonds is 0. The predicted molar refractivity (Wildman–Crippen MR) is 47.9 cm³/mol. The average Bonchev–Trinajstić information content (AvgIpc) is 2.21. The van der Waals surface area contributed by atoms with Gasteiger partial charge in [-0.2, -0.15) is 10.5 Å². The Morgan fingerprint density at radius 1 is 1.36 bits per heavy atom. The Labute approximate surface area is 81.1 Å². The quantitative estimate of drug-likeness (QED) is 0.560. The van der Waals surface area contributed by atoms with Gasteiger partial charge in [0.25, 0.3) is 0 Å². The third-order valence-electron chi connectivity index (χ3n) is 1.87. The lowest BCUT2D eigenvalue weighted by molar-refractivity contribution is -0.119. The molecule has 1 amide bonds. The summed E-state index contributed by atoms with van der Waals surface area (Å²) in [7, 11) is 0. The minimum atomic E-state index is -0.307. The summed E-state index contributed by atoms with van der Waals surface area (Å²) in [5.41, 5.74) is 6.23. The molecule has 0 fully saturated rings. The first-order valence-electron chi connectivity index (χ1n) is 3.90. The van der Waals surface area contributed by atoms with E-state index in [0.29, 0.717) is 5.57 Å². The van der Waals surface area contributed by atoms with E-state index in [4.69, 9.17) is 16.3 Å². The Morgan fingerprint density at radius 2 is 1.93 bits per heavy atom. The molecule has 1 aliphatic heterocycles. The topological polar surface area (TPSA) is 103 Å². The molecule has 5 heteroatoms. The van der Waals surface area contributed by atoms with E-state index in [0.717, 1.165) is 0 Å². The number of hydrogen-bond donors (Lipinski definition) is 2. The molecule has 0 aromatic rings. The third-order valence-corrected chi connectivity index (χ3v) is 1.87. The van der Waals surface area contributed by atoms with Crippen molar-refractivity contribution in [1.82, 2.24) is 5.32 Å². The molecule has 0 aromatic heterocycles. The van der Waals surface area contributed by atoms with Crippen LogP contribution < -0.4 is 11.1 Å². The Morgan fingerprint density at radius 3 is 2.43 bits per heavy atom. The second-order valence-electron chi connectivity index (χ2n) is 2.89. The molecular formula is C9H8N4O. The number of amides is 1. The molecule has 0 saturated heterocycles. The van der Waals surface area contributed by atoms with Gasteiger partial charge in [-0.25, -0.2) is 0 Å². The third kappa shape index (κ3) is 1.57. The predicted octanol–water partition coefficient (Wildman–Crippen LogP) is 0.0403. The number of nitrogens with zero attached hydrogens (tertiary/aromatic N) is 2. The number of nitrogens with one attached hydrogen (secondary N) is 1.